The fourth-order valence-corrected chi connectivity index (χ4v) is 2.70. The minimum Gasteiger partial charge on any atom is -0.380 e. The molecule has 20 heavy (non-hydrogen) atoms. The fraction of sp³-hybridized carbons (Fsp3) is 0.167. The van der Waals surface area contributed by atoms with Gasteiger partial charge in [-0.2, -0.15) is 5.21 Å². The van der Waals surface area contributed by atoms with Gasteiger partial charge >= 0.3 is 0 Å². The zero-order chi connectivity index (χ0) is 13.9. The highest BCUT2D eigenvalue weighted by Crippen LogP contribution is 2.24. The molecule has 6 nitrogen and oxygen atoms in total. The molecule has 0 radical (unpaired) electrons. The fourth-order valence-electron chi connectivity index (χ4n) is 1.78. The van der Waals surface area contributed by atoms with Gasteiger partial charge in [0.15, 0.2) is 4.47 Å². The van der Waals surface area contributed by atoms with Gasteiger partial charge in [-0.25, -0.2) is 4.98 Å². The van der Waals surface area contributed by atoms with Crippen molar-refractivity contribution in [2.75, 3.05) is 5.32 Å². The number of nitrogens with zero attached hydrogens (tertiary/aromatic N) is 4. The van der Waals surface area contributed by atoms with Gasteiger partial charge in [0.05, 0.1) is 6.54 Å². The number of hydrogen-bond acceptors (Lipinski definition) is 6. The van der Waals surface area contributed by atoms with Crippen LogP contribution in [0.5, 0.6) is 0 Å². The molecule has 0 amide bonds. The second-order valence-corrected chi connectivity index (χ2v) is 5.90. The summed E-state index contributed by atoms with van der Waals surface area (Å²) in [6.45, 7) is 2.73. The number of hydrogen-bond donors (Lipinski definition) is 2. The van der Waals surface area contributed by atoms with Crippen LogP contribution in [0.1, 0.15) is 10.4 Å². The van der Waals surface area contributed by atoms with Crippen molar-refractivity contribution in [1.82, 2.24) is 25.6 Å². The number of aromatic amines is 1. The lowest BCUT2D eigenvalue weighted by molar-refractivity contribution is 0.881. The maximum Gasteiger partial charge on any atom is 0.204 e. The highest BCUT2D eigenvalue weighted by molar-refractivity contribution is 7.15. The van der Waals surface area contributed by atoms with Crippen molar-refractivity contribution in [2.24, 2.45) is 0 Å². The first-order valence-electron chi connectivity index (χ1n) is 5.91. The molecule has 2 heterocycles. The molecule has 3 aromatic rings. The smallest absolute Gasteiger partial charge is 0.204 e. The molecule has 0 aliphatic heterocycles. The van der Waals surface area contributed by atoms with Crippen LogP contribution in [-0.4, -0.2) is 25.6 Å². The third kappa shape index (κ3) is 2.78. The molecule has 8 heteroatoms. The van der Waals surface area contributed by atoms with E-state index in [0.29, 0.717) is 16.8 Å². The minimum absolute atomic E-state index is 0.555. The zero-order valence-electron chi connectivity index (χ0n) is 10.6. The maximum atomic E-state index is 5.82. The van der Waals surface area contributed by atoms with Crippen LogP contribution < -0.4 is 5.32 Å². The van der Waals surface area contributed by atoms with E-state index in [4.69, 9.17) is 11.6 Å². The molecule has 1 aromatic carbocycles. The van der Waals surface area contributed by atoms with E-state index in [1.807, 2.05) is 25.1 Å². The number of rotatable bonds is 4. The summed E-state index contributed by atoms with van der Waals surface area (Å²) >= 11 is 7.29. The summed E-state index contributed by atoms with van der Waals surface area (Å²) in [6.07, 6.45) is 1.78. The molecular weight excluding hydrogens is 296 g/mol. The van der Waals surface area contributed by atoms with Crippen LogP contribution in [0.4, 0.5) is 5.69 Å². The van der Waals surface area contributed by atoms with Crippen LogP contribution in [-0.2, 0) is 6.54 Å². The number of aromatic nitrogens is 5. The van der Waals surface area contributed by atoms with E-state index < -0.39 is 0 Å². The maximum absolute atomic E-state index is 5.82. The number of thiazole rings is 1. The molecule has 0 bridgehead atoms. The Morgan fingerprint density at radius 1 is 1.40 bits per heavy atom. The number of anilines is 1. The van der Waals surface area contributed by atoms with Gasteiger partial charge in [0.2, 0.25) is 5.82 Å². The molecule has 0 fully saturated rings. The van der Waals surface area contributed by atoms with Gasteiger partial charge in [-0.3, -0.25) is 0 Å². The summed E-state index contributed by atoms with van der Waals surface area (Å²) in [6, 6.07) is 5.99. The normalized spacial score (nSPS) is 10.7. The molecule has 2 aromatic heterocycles. The molecule has 0 spiro atoms. The summed E-state index contributed by atoms with van der Waals surface area (Å²) < 4.78 is 0.555. The van der Waals surface area contributed by atoms with Crippen LogP contribution >= 0.6 is 22.9 Å². The van der Waals surface area contributed by atoms with Crippen molar-refractivity contribution < 1.29 is 0 Å². The molecule has 2 N–H and O–H groups in total. The Kier molecular flexibility index (Phi) is 3.62. The van der Waals surface area contributed by atoms with E-state index in [0.717, 1.165) is 21.7 Å². The Morgan fingerprint density at radius 3 is 3.00 bits per heavy atom. The van der Waals surface area contributed by atoms with Crippen molar-refractivity contribution in [3.05, 3.63) is 39.3 Å². The lowest BCUT2D eigenvalue weighted by Gasteiger charge is -2.09. The van der Waals surface area contributed by atoms with Gasteiger partial charge in [0.1, 0.15) is 0 Å². The predicted octanol–water partition coefficient (Wildman–Crippen LogP) is 2.90. The van der Waals surface area contributed by atoms with E-state index in [2.05, 4.69) is 30.9 Å². The first-order valence-corrected chi connectivity index (χ1v) is 7.10. The Balaban J connectivity index is 1.80. The van der Waals surface area contributed by atoms with Crippen LogP contribution in [0.3, 0.4) is 0 Å². The Labute approximate surface area is 124 Å². The number of tetrazole rings is 1. The quantitative estimate of drug-likeness (QED) is 0.775. The lowest BCUT2D eigenvalue weighted by Crippen LogP contribution is -2.00. The highest BCUT2D eigenvalue weighted by atomic mass is 35.5. The van der Waals surface area contributed by atoms with E-state index in [9.17, 15) is 0 Å². The van der Waals surface area contributed by atoms with Crippen molar-refractivity contribution in [3.63, 3.8) is 0 Å². The molecule has 3 rings (SSSR count). The van der Waals surface area contributed by atoms with Gasteiger partial charge in [-0.05, 0) is 23.8 Å². The van der Waals surface area contributed by atoms with Gasteiger partial charge in [-0.15, -0.1) is 21.5 Å². The SMILES string of the molecule is Cc1ccc(-c2nn[nH]n2)cc1NCc1cnc(Cl)s1. The van der Waals surface area contributed by atoms with E-state index in [1.54, 1.807) is 6.20 Å². The van der Waals surface area contributed by atoms with Crippen molar-refractivity contribution in [2.45, 2.75) is 13.5 Å². The van der Waals surface area contributed by atoms with Gasteiger partial charge in [-0.1, -0.05) is 23.7 Å². The first kappa shape index (κ1) is 13.0. The average molecular weight is 307 g/mol. The first-order chi connectivity index (χ1) is 9.72. The van der Waals surface area contributed by atoms with Crippen LogP contribution in [0, 0.1) is 6.92 Å². The molecule has 0 aliphatic rings. The number of halogens is 1. The number of nitrogens with one attached hydrogen (secondary N) is 2. The van der Waals surface area contributed by atoms with Gasteiger partial charge in [0.25, 0.3) is 0 Å². The van der Waals surface area contributed by atoms with E-state index >= 15 is 0 Å². The standard InChI is InChI=1S/C12H11ClN6S/c1-7-2-3-8(11-16-18-19-17-11)4-10(7)14-5-9-6-15-12(13)20-9/h2-4,6,14H,5H2,1H3,(H,16,17,18,19). The number of H-pyrrole nitrogens is 1. The summed E-state index contributed by atoms with van der Waals surface area (Å²) in [5, 5.41) is 17.3. The second-order valence-electron chi connectivity index (χ2n) is 4.20. The molecular formula is C12H11ClN6S. The van der Waals surface area contributed by atoms with E-state index in [-0.39, 0.29) is 0 Å². The molecule has 0 saturated heterocycles. The highest BCUT2D eigenvalue weighted by Gasteiger charge is 2.07. The topological polar surface area (TPSA) is 79.4 Å². The lowest BCUT2D eigenvalue weighted by atomic mass is 10.1. The molecule has 0 aliphatic carbocycles. The minimum atomic E-state index is 0.555. The molecule has 0 unspecified atom stereocenters. The second kappa shape index (κ2) is 5.56. The Morgan fingerprint density at radius 2 is 2.30 bits per heavy atom. The Hall–Kier alpha value is -1.99. The third-order valence-corrected chi connectivity index (χ3v) is 3.93. The van der Waals surface area contributed by atoms with Crippen LogP contribution in [0.2, 0.25) is 4.47 Å². The largest absolute Gasteiger partial charge is 0.380 e. The zero-order valence-corrected chi connectivity index (χ0v) is 12.2. The molecule has 0 atom stereocenters. The van der Waals surface area contributed by atoms with Gasteiger partial charge < -0.3 is 5.32 Å². The van der Waals surface area contributed by atoms with Crippen molar-refractivity contribution >= 4 is 28.6 Å². The summed E-state index contributed by atoms with van der Waals surface area (Å²) in [7, 11) is 0. The van der Waals surface area contributed by atoms with Gasteiger partial charge in [0, 0.05) is 22.3 Å². The number of aryl methyl sites for hydroxylation is 1. The van der Waals surface area contributed by atoms with Crippen LogP contribution in [0.25, 0.3) is 11.4 Å². The predicted molar refractivity (Wildman–Crippen MR) is 78.8 cm³/mol. The third-order valence-electron chi connectivity index (χ3n) is 2.82. The Bertz CT molecular complexity index is 709. The summed E-state index contributed by atoms with van der Waals surface area (Å²) in [5.74, 6) is 0.578. The molecule has 102 valence electrons. The van der Waals surface area contributed by atoms with Crippen molar-refractivity contribution in [3.8, 4) is 11.4 Å². The van der Waals surface area contributed by atoms with Crippen molar-refractivity contribution in [1.29, 1.82) is 0 Å². The summed E-state index contributed by atoms with van der Waals surface area (Å²) in [4.78, 5) is 5.10. The average Bonchev–Trinajstić information content (AvgIpc) is 3.09. The monoisotopic (exact) mass is 306 g/mol. The molecule has 0 saturated carbocycles. The number of benzene rings is 1. The summed E-state index contributed by atoms with van der Waals surface area (Å²) in [5.41, 5.74) is 3.08. The van der Waals surface area contributed by atoms with Crippen LogP contribution in [0.15, 0.2) is 24.4 Å². The van der Waals surface area contributed by atoms with E-state index in [1.165, 1.54) is 11.3 Å².